The Bertz CT molecular complexity index is 425. The van der Waals surface area contributed by atoms with Crippen molar-refractivity contribution in [3.05, 3.63) is 28.8 Å². The fourth-order valence-corrected chi connectivity index (χ4v) is 2.42. The van der Waals surface area contributed by atoms with Crippen molar-refractivity contribution in [3.8, 4) is 11.8 Å². The first-order valence-corrected chi connectivity index (χ1v) is 6.87. The van der Waals surface area contributed by atoms with E-state index in [0.717, 1.165) is 22.6 Å². The third-order valence-corrected chi connectivity index (χ3v) is 3.68. The molecule has 0 radical (unpaired) electrons. The molecule has 0 saturated heterocycles. The summed E-state index contributed by atoms with van der Waals surface area (Å²) in [6.45, 7) is 9.00. The normalized spacial score (nSPS) is 12.3. The quantitative estimate of drug-likeness (QED) is 0.821. The number of benzene rings is 1. The molecule has 0 bridgehead atoms. The molecule has 98 valence electrons. The highest BCUT2D eigenvalue weighted by Gasteiger charge is 2.14. The zero-order chi connectivity index (χ0) is 13.7. The van der Waals surface area contributed by atoms with Crippen LogP contribution in [0.1, 0.15) is 30.5 Å². The lowest BCUT2D eigenvalue weighted by atomic mass is 9.99. The van der Waals surface area contributed by atoms with Crippen LogP contribution in [0.3, 0.4) is 0 Å². The topological polar surface area (TPSA) is 33.0 Å². The van der Waals surface area contributed by atoms with Gasteiger partial charge in [-0.2, -0.15) is 17.9 Å². The van der Waals surface area contributed by atoms with Crippen LogP contribution in [0.2, 0.25) is 0 Å². The Labute approximate surface area is 115 Å². The van der Waals surface area contributed by atoms with Gasteiger partial charge in [0.15, 0.2) is 0 Å². The molecule has 0 spiro atoms. The van der Waals surface area contributed by atoms with Crippen molar-refractivity contribution in [2.45, 2.75) is 27.7 Å². The summed E-state index contributed by atoms with van der Waals surface area (Å²) in [6.07, 6.45) is 0. The van der Waals surface area contributed by atoms with Crippen molar-refractivity contribution in [2.24, 2.45) is 11.8 Å². The maximum Gasteiger partial charge on any atom is 0.125 e. The Balaban J connectivity index is 2.83. The fourth-order valence-electron chi connectivity index (χ4n) is 1.89. The molecule has 18 heavy (non-hydrogen) atoms. The van der Waals surface area contributed by atoms with E-state index in [0.29, 0.717) is 24.0 Å². The summed E-state index contributed by atoms with van der Waals surface area (Å²) in [4.78, 5) is 0. The minimum Gasteiger partial charge on any atom is -0.493 e. The molecule has 0 aliphatic heterocycles. The van der Waals surface area contributed by atoms with Crippen LogP contribution in [-0.4, -0.2) is 12.4 Å². The molecule has 0 saturated carbocycles. The molecule has 0 aliphatic carbocycles. The van der Waals surface area contributed by atoms with Gasteiger partial charge in [-0.25, -0.2) is 0 Å². The molecule has 0 N–H and O–H groups in total. The smallest absolute Gasteiger partial charge is 0.125 e. The van der Waals surface area contributed by atoms with Gasteiger partial charge in [-0.3, -0.25) is 0 Å². The van der Waals surface area contributed by atoms with E-state index in [9.17, 15) is 0 Å². The summed E-state index contributed by atoms with van der Waals surface area (Å²) >= 11 is 4.36. The second-order valence-corrected chi connectivity index (χ2v) is 5.41. The van der Waals surface area contributed by atoms with Crippen LogP contribution in [0.4, 0.5) is 0 Å². The van der Waals surface area contributed by atoms with Crippen molar-refractivity contribution in [3.63, 3.8) is 0 Å². The summed E-state index contributed by atoms with van der Waals surface area (Å²) in [5.74, 6) is 2.73. The van der Waals surface area contributed by atoms with Crippen molar-refractivity contribution < 1.29 is 4.74 Å². The van der Waals surface area contributed by atoms with Gasteiger partial charge in [0.2, 0.25) is 0 Å². The van der Waals surface area contributed by atoms with E-state index < -0.39 is 0 Å². The Morgan fingerprint density at radius 2 is 1.83 bits per heavy atom. The Morgan fingerprint density at radius 1 is 1.28 bits per heavy atom. The van der Waals surface area contributed by atoms with Gasteiger partial charge in [0, 0.05) is 5.92 Å². The molecule has 2 nitrogen and oxygen atoms in total. The van der Waals surface area contributed by atoms with Crippen molar-refractivity contribution in [1.82, 2.24) is 0 Å². The summed E-state index contributed by atoms with van der Waals surface area (Å²) < 4.78 is 5.92. The number of hydrogen-bond acceptors (Lipinski definition) is 3. The molecule has 0 aliphatic rings. The maximum atomic E-state index is 8.91. The molecule has 0 heterocycles. The average molecular weight is 263 g/mol. The van der Waals surface area contributed by atoms with E-state index in [2.05, 4.69) is 32.5 Å². The van der Waals surface area contributed by atoms with Crippen LogP contribution in [0, 0.1) is 37.0 Å². The van der Waals surface area contributed by atoms with Crippen molar-refractivity contribution in [1.29, 1.82) is 5.26 Å². The van der Waals surface area contributed by atoms with E-state index in [4.69, 9.17) is 10.00 Å². The number of thiol groups is 1. The van der Waals surface area contributed by atoms with Gasteiger partial charge in [-0.05, 0) is 48.8 Å². The third-order valence-electron chi connectivity index (χ3n) is 3.21. The zero-order valence-electron chi connectivity index (χ0n) is 11.5. The summed E-state index contributed by atoms with van der Waals surface area (Å²) in [5.41, 5.74) is 2.73. The molecule has 3 heteroatoms. The van der Waals surface area contributed by atoms with Crippen LogP contribution in [0.25, 0.3) is 0 Å². The standard InChI is InChI=1S/C15H21NOS/c1-10(2)14(9-18)8-17-15-11(3)5-13(7-16)6-12(15)4/h5-6,10,14,18H,8-9H2,1-4H3. The minimum atomic E-state index is 0.447. The van der Waals surface area contributed by atoms with Gasteiger partial charge in [0.25, 0.3) is 0 Å². The Morgan fingerprint density at radius 3 is 2.22 bits per heavy atom. The monoisotopic (exact) mass is 263 g/mol. The SMILES string of the molecule is Cc1cc(C#N)cc(C)c1OCC(CS)C(C)C. The second kappa shape index (κ2) is 6.70. The fraction of sp³-hybridized carbons (Fsp3) is 0.533. The van der Waals surface area contributed by atoms with E-state index in [1.807, 2.05) is 26.0 Å². The predicted molar refractivity (Wildman–Crippen MR) is 78.3 cm³/mol. The third kappa shape index (κ3) is 3.68. The largest absolute Gasteiger partial charge is 0.493 e. The van der Waals surface area contributed by atoms with Gasteiger partial charge in [0.1, 0.15) is 5.75 Å². The second-order valence-electron chi connectivity index (χ2n) is 5.05. The first kappa shape index (κ1) is 14.9. The predicted octanol–water partition coefficient (Wildman–Crippen LogP) is 3.76. The summed E-state index contributed by atoms with van der Waals surface area (Å²) in [5, 5.41) is 8.91. The first-order valence-electron chi connectivity index (χ1n) is 6.24. The number of ether oxygens (including phenoxy) is 1. The summed E-state index contributed by atoms with van der Waals surface area (Å²) in [6, 6.07) is 5.90. The molecule has 0 aromatic heterocycles. The summed E-state index contributed by atoms with van der Waals surface area (Å²) in [7, 11) is 0. The lowest BCUT2D eigenvalue weighted by molar-refractivity contribution is 0.224. The average Bonchev–Trinajstić information content (AvgIpc) is 2.32. The highest BCUT2D eigenvalue weighted by atomic mass is 32.1. The maximum absolute atomic E-state index is 8.91. The van der Waals surface area contributed by atoms with Crippen LogP contribution >= 0.6 is 12.6 Å². The number of rotatable bonds is 5. The van der Waals surface area contributed by atoms with E-state index in [1.165, 1.54) is 0 Å². The van der Waals surface area contributed by atoms with Crippen molar-refractivity contribution >= 4 is 12.6 Å². The lowest BCUT2D eigenvalue weighted by Gasteiger charge is -2.21. The number of aryl methyl sites for hydroxylation is 2. The van der Waals surface area contributed by atoms with E-state index in [1.54, 1.807) is 0 Å². The number of hydrogen-bond donors (Lipinski definition) is 1. The Kier molecular flexibility index (Phi) is 5.55. The number of nitriles is 1. The molecule has 1 atom stereocenters. The molecule has 1 aromatic rings. The number of nitrogens with zero attached hydrogens (tertiary/aromatic N) is 1. The van der Waals surface area contributed by atoms with Crippen LogP contribution in [-0.2, 0) is 0 Å². The first-order chi connectivity index (χ1) is 8.49. The highest BCUT2D eigenvalue weighted by Crippen LogP contribution is 2.26. The van der Waals surface area contributed by atoms with Crippen LogP contribution < -0.4 is 4.74 Å². The highest BCUT2D eigenvalue weighted by molar-refractivity contribution is 7.80. The van der Waals surface area contributed by atoms with Crippen LogP contribution in [0.15, 0.2) is 12.1 Å². The van der Waals surface area contributed by atoms with Gasteiger partial charge in [-0.1, -0.05) is 13.8 Å². The molecule has 1 rings (SSSR count). The Hall–Kier alpha value is -1.14. The molecular formula is C15H21NOS. The van der Waals surface area contributed by atoms with Gasteiger partial charge >= 0.3 is 0 Å². The molecular weight excluding hydrogens is 242 g/mol. The zero-order valence-corrected chi connectivity index (χ0v) is 12.4. The molecule has 0 amide bonds. The molecule has 1 aromatic carbocycles. The molecule has 0 fully saturated rings. The van der Waals surface area contributed by atoms with Gasteiger partial charge < -0.3 is 4.74 Å². The van der Waals surface area contributed by atoms with Crippen LogP contribution in [0.5, 0.6) is 5.75 Å². The molecule has 1 unspecified atom stereocenters. The lowest BCUT2D eigenvalue weighted by Crippen LogP contribution is -2.20. The van der Waals surface area contributed by atoms with E-state index in [-0.39, 0.29) is 0 Å². The van der Waals surface area contributed by atoms with E-state index >= 15 is 0 Å². The van der Waals surface area contributed by atoms with Gasteiger partial charge in [-0.15, -0.1) is 0 Å². The van der Waals surface area contributed by atoms with Crippen molar-refractivity contribution in [2.75, 3.05) is 12.4 Å². The minimum absolute atomic E-state index is 0.447. The van der Waals surface area contributed by atoms with Gasteiger partial charge in [0.05, 0.1) is 18.2 Å².